The molecule has 1 amide bonds. The SMILES string of the molecule is Cc1[nH]c2c(C(=O)NCC(CO)Cc3ccccn3)cccc2c1C. The Labute approximate surface area is 147 Å². The Kier molecular flexibility index (Phi) is 5.14. The summed E-state index contributed by atoms with van der Waals surface area (Å²) in [5.41, 5.74) is 4.63. The third kappa shape index (κ3) is 3.72. The van der Waals surface area contributed by atoms with Gasteiger partial charge >= 0.3 is 0 Å². The van der Waals surface area contributed by atoms with E-state index in [9.17, 15) is 9.90 Å². The summed E-state index contributed by atoms with van der Waals surface area (Å²) < 4.78 is 0. The van der Waals surface area contributed by atoms with Crippen molar-refractivity contribution in [3.05, 3.63) is 65.1 Å². The maximum atomic E-state index is 12.6. The standard InChI is InChI=1S/C20H23N3O2/c1-13-14(2)23-19-17(13)7-5-8-18(19)20(25)22-11-15(12-24)10-16-6-3-4-9-21-16/h3-9,15,23-24H,10-12H2,1-2H3,(H,22,25). The number of benzene rings is 1. The molecule has 1 atom stereocenters. The molecule has 3 rings (SSSR count). The van der Waals surface area contributed by atoms with Crippen LogP contribution >= 0.6 is 0 Å². The number of carbonyl (C=O) groups is 1. The molecule has 0 aliphatic heterocycles. The lowest BCUT2D eigenvalue weighted by molar-refractivity contribution is 0.0941. The second-order valence-corrected chi connectivity index (χ2v) is 6.39. The second-order valence-electron chi connectivity index (χ2n) is 6.39. The maximum Gasteiger partial charge on any atom is 0.253 e. The highest BCUT2D eigenvalue weighted by atomic mass is 16.3. The van der Waals surface area contributed by atoms with E-state index in [1.807, 2.05) is 50.2 Å². The number of aliphatic hydroxyl groups excluding tert-OH is 1. The number of para-hydroxylation sites is 1. The van der Waals surface area contributed by atoms with Crippen LogP contribution in [-0.2, 0) is 6.42 Å². The van der Waals surface area contributed by atoms with Gasteiger partial charge in [-0.15, -0.1) is 0 Å². The van der Waals surface area contributed by atoms with E-state index in [0.29, 0.717) is 18.5 Å². The molecular weight excluding hydrogens is 314 g/mol. The topological polar surface area (TPSA) is 78.0 Å². The first-order chi connectivity index (χ1) is 12.1. The lowest BCUT2D eigenvalue weighted by atomic mass is 10.0. The minimum Gasteiger partial charge on any atom is -0.396 e. The fourth-order valence-electron chi connectivity index (χ4n) is 3.02. The van der Waals surface area contributed by atoms with Gasteiger partial charge in [0, 0.05) is 42.0 Å². The minimum absolute atomic E-state index is 0.00176. The van der Waals surface area contributed by atoms with Crippen LogP contribution in [-0.4, -0.2) is 34.1 Å². The molecule has 3 aromatic rings. The van der Waals surface area contributed by atoms with Crippen molar-refractivity contribution in [3.8, 4) is 0 Å². The fraction of sp³-hybridized carbons (Fsp3) is 0.300. The lowest BCUT2D eigenvalue weighted by Gasteiger charge is -2.15. The van der Waals surface area contributed by atoms with Gasteiger partial charge in [0.15, 0.2) is 0 Å². The van der Waals surface area contributed by atoms with Crippen LogP contribution in [0.2, 0.25) is 0 Å². The summed E-state index contributed by atoms with van der Waals surface area (Å²) in [6.45, 7) is 4.46. The van der Waals surface area contributed by atoms with Crippen molar-refractivity contribution in [1.29, 1.82) is 0 Å². The monoisotopic (exact) mass is 337 g/mol. The molecule has 5 heteroatoms. The zero-order valence-electron chi connectivity index (χ0n) is 14.5. The molecule has 2 aromatic heterocycles. The number of carbonyl (C=O) groups excluding carboxylic acids is 1. The van der Waals surface area contributed by atoms with Gasteiger partial charge < -0.3 is 15.4 Å². The van der Waals surface area contributed by atoms with Gasteiger partial charge in [0.25, 0.3) is 5.91 Å². The molecule has 0 aliphatic carbocycles. The van der Waals surface area contributed by atoms with Gasteiger partial charge in [0.1, 0.15) is 0 Å². The van der Waals surface area contributed by atoms with Gasteiger partial charge in [-0.2, -0.15) is 0 Å². The zero-order valence-corrected chi connectivity index (χ0v) is 14.5. The Morgan fingerprint density at radius 3 is 2.80 bits per heavy atom. The van der Waals surface area contributed by atoms with Gasteiger partial charge in [0.05, 0.1) is 11.1 Å². The Morgan fingerprint density at radius 2 is 2.08 bits per heavy atom. The van der Waals surface area contributed by atoms with Crippen molar-refractivity contribution in [2.75, 3.05) is 13.2 Å². The molecule has 25 heavy (non-hydrogen) atoms. The number of hydrogen-bond acceptors (Lipinski definition) is 3. The molecule has 0 fully saturated rings. The van der Waals surface area contributed by atoms with E-state index in [4.69, 9.17) is 0 Å². The molecule has 0 aliphatic rings. The van der Waals surface area contributed by atoms with Gasteiger partial charge in [-0.25, -0.2) is 0 Å². The predicted octanol–water partition coefficient (Wildman–Crippen LogP) is 2.76. The number of nitrogens with zero attached hydrogens (tertiary/aromatic N) is 1. The molecular formula is C20H23N3O2. The number of rotatable bonds is 6. The van der Waals surface area contributed by atoms with Crippen molar-refractivity contribution < 1.29 is 9.90 Å². The van der Waals surface area contributed by atoms with Crippen molar-refractivity contribution in [2.45, 2.75) is 20.3 Å². The van der Waals surface area contributed by atoms with Crippen LogP contribution in [0, 0.1) is 19.8 Å². The summed E-state index contributed by atoms with van der Waals surface area (Å²) in [5.74, 6) is -0.198. The first kappa shape index (κ1) is 17.2. The van der Waals surface area contributed by atoms with E-state index in [-0.39, 0.29) is 18.4 Å². The van der Waals surface area contributed by atoms with Gasteiger partial charge in [-0.05, 0) is 44.0 Å². The quantitative estimate of drug-likeness (QED) is 0.647. The zero-order chi connectivity index (χ0) is 17.8. The Bertz CT molecular complexity index is 871. The molecule has 0 spiro atoms. The third-order valence-electron chi connectivity index (χ3n) is 4.62. The Hall–Kier alpha value is -2.66. The van der Waals surface area contributed by atoms with E-state index in [1.54, 1.807) is 6.20 Å². The maximum absolute atomic E-state index is 12.6. The number of amides is 1. The summed E-state index contributed by atoms with van der Waals surface area (Å²) in [6, 6.07) is 11.4. The fourth-order valence-corrected chi connectivity index (χ4v) is 3.02. The molecule has 130 valence electrons. The minimum atomic E-state index is -0.133. The third-order valence-corrected chi connectivity index (χ3v) is 4.62. The summed E-state index contributed by atoms with van der Waals surface area (Å²) >= 11 is 0. The van der Waals surface area contributed by atoms with Crippen LogP contribution in [0.15, 0.2) is 42.6 Å². The van der Waals surface area contributed by atoms with E-state index >= 15 is 0 Å². The number of aromatic amines is 1. The highest BCUT2D eigenvalue weighted by Gasteiger charge is 2.16. The van der Waals surface area contributed by atoms with Crippen LogP contribution in [0.5, 0.6) is 0 Å². The summed E-state index contributed by atoms with van der Waals surface area (Å²) in [7, 11) is 0. The molecule has 0 saturated carbocycles. The van der Waals surface area contributed by atoms with Gasteiger partial charge in [0.2, 0.25) is 0 Å². The summed E-state index contributed by atoms with van der Waals surface area (Å²) in [6.07, 6.45) is 2.36. The first-order valence-corrected chi connectivity index (χ1v) is 8.47. The predicted molar refractivity (Wildman–Crippen MR) is 98.6 cm³/mol. The van der Waals surface area contributed by atoms with Crippen molar-refractivity contribution in [1.82, 2.24) is 15.3 Å². The average Bonchev–Trinajstić information content (AvgIpc) is 2.93. The molecule has 0 saturated heterocycles. The normalized spacial score (nSPS) is 12.3. The van der Waals surface area contributed by atoms with Gasteiger partial charge in [-0.3, -0.25) is 9.78 Å². The van der Waals surface area contributed by atoms with Crippen LogP contribution in [0.4, 0.5) is 0 Å². The molecule has 0 radical (unpaired) electrons. The molecule has 3 N–H and O–H groups in total. The van der Waals surface area contributed by atoms with Gasteiger partial charge in [-0.1, -0.05) is 18.2 Å². The van der Waals surface area contributed by atoms with Crippen molar-refractivity contribution >= 4 is 16.8 Å². The number of aryl methyl sites for hydroxylation is 2. The Morgan fingerprint density at radius 1 is 1.24 bits per heavy atom. The summed E-state index contributed by atoms with van der Waals surface area (Å²) in [4.78, 5) is 20.2. The molecule has 1 aromatic carbocycles. The largest absolute Gasteiger partial charge is 0.396 e. The van der Waals surface area contributed by atoms with Crippen LogP contribution in [0.1, 0.15) is 27.3 Å². The molecule has 2 heterocycles. The average molecular weight is 337 g/mol. The smallest absolute Gasteiger partial charge is 0.253 e. The lowest BCUT2D eigenvalue weighted by Crippen LogP contribution is -2.32. The number of nitrogens with one attached hydrogen (secondary N) is 2. The number of hydrogen-bond donors (Lipinski definition) is 3. The number of aromatic nitrogens is 2. The van der Waals surface area contributed by atoms with Crippen LogP contribution in [0.3, 0.4) is 0 Å². The van der Waals surface area contributed by atoms with Crippen LogP contribution < -0.4 is 5.32 Å². The van der Waals surface area contributed by atoms with Crippen molar-refractivity contribution in [3.63, 3.8) is 0 Å². The highest BCUT2D eigenvalue weighted by molar-refractivity contribution is 6.06. The number of H-pyrrole nitrogens is 1. The van der Waals surface area contributed by atoms with E-state index in [2.05, 4.69) is 15.3 Å². The van der Waals surface area contributed by atoms with Crippen LogP contribution in [0.25, 0.3) is 10.9 Å². The molecule has 1 unspecified atom stereocenters. The summed E-state index contributed by atoms with van der Waals surface area (Å²) in [5, 5.41) is 13.6. The molecule has 0 bridgehead atoms. The van der Waals surface area contributed by atoms with E-state index in [1.165, 1.54) is 0 Å². The molecule has 5 nitrogen and oxygen atoms in total. The highest BCUT2D eigenvalue weighted by Crippen LogP contribution is 2.24. The Balaban J connectivity index is 1.71. The number of aliphatic hydroxyl groups is 1. The number of pyridine rings is 1. The first-order valence-electron chi connectivity index (χ1n) is 8.47. The van der Waals surface area contributed by atoms with Crippen molar-refractivity contribution in [2.24, 2.45) is 5.92 Å². The second kappa shape index (κ2) is 7.49. The number of fused-ring (bicyclic) bond motifs is 1. The van der Waals surface area contributed by atoms with E-state index < -0.39 is 0 Å². The van der Waals surface area contributed by atoms with E-state index in [0.717, 1.165) is 27.9 Å².